The number of benzene rings is 1. The Balaban J connectivity index is 2.53. The highest BCUT2D eigenvalue weighted by atomic mass is 79.9. The maximum absolute atomic E-state index is 12.1. The molecule has 2 unspecified atom stereocenters. The van der Waals surface area contributed by atoms with Gasteiger partial charge in [0.2, 0.25) is 11.8 Å². The zero-order valence-electron chi connectivity index (χ0n) is 10.5. The summed E-state index contributed by atoms with van der Waals surface area (Å²) in [4.78, 5) is 25.5. The summed E-state index contributed by atoms with van der Waals surface area (Å²) >= 11 is 3.38. The Morgan fingerprint density at radius 1 is 1.17 bits per heavy atom. The third-order valence-electron chi connectivity index (χ3n) is 3.55. The van der Waals surface area contributed by atoms with Gasteiger partial charge in [-0.2, -0.15) is 0 Å². The lowest BCUT2D eigenvalue weighted by atomic mass is 10.00. The second-order valence-electron chi connectivity index (χ2n) is 4.75. The van der Waals surface area contributed by atoms with Crippen LogP contribution in [0.5, 0.6) is 0 Å². The van der Waals surface area contributed by atoms with Crippen LogP contribution in [0.4, 0.5) is 11.4 Å². The first kappa shape index (κ1) is 13.1. The van der Waals surface area contributed by atoms with Gasteiger partial charge in [0.25, 0.3) is 0 Å². The van der Waals surface area contributed by atoms with E-state index in [-0.39, 0.29) is 23.7 Å². The number of rotatable bonds is 1. The number of hydrogen-bond donors (Lipinski definition) is 1. The van der Waals surface area contributed by atoms with E-state index in [0.29, 0.717) is 15.8 Å². The van der Waals surface area contributed by atoms with Gasteiger partial charge >= 0.3 is 0 Å². The molecule has 2 amide bonds. The van der Waals surface area contributed by atoms with Crippen LogP contribution in [-0.4, -0.2) is 11.8 Å². The molecule has 1 saturated heterocycles. The topological polar surface area (TPSA) is 63.4 Å². The van der Waals surface area contributed by atoms with E-state index in [9.17, 15) is 9.59 Å². The molecule has 1 aliphatic rings. The summed E-state index contributed by atoms with van der Waals surface area (Å²) in [6, 6.07) is 3.48. The number of anilines is 2. The number of hydrogen-bond acceptors (Lipinski definition) is 3. The first-order chi connectivity index (χ1) is 8.34. The van der Waals surface area contributed by atoms with E-state index in [2.05, 4.69) is 15.9 Å². The molecule has 0 aromatic heterocycles. The lowest BCUT2D eigenvalue weighted by Crippen LogP contribution is -2.31. The zero-order chi connectivity index (χ0) is 13.6. The van der Waals surface area contributed by atoms with E-state index < -0.39 is 0 Å². The molecule has 96 valence electrons. The average Bonchev–Trinajstić information content (AvgIpc) is 2.50. The molecule has 2 N–H and O–H groups in total. The maximum atomic E-state index is 12.1. The Morgan fingerprint density at radius 3 is 2.17 bits per heavy atom. The molecule has 0 saturated carbocycles. The van der Waals surface area contributed by atoms with Crippen LogP contribution in [0.1, 0.15) is 19.4 Å². The predicted molar refractivity (Wildman–Crippen MR) is 74.1 cm³/mol. The van der Waals surface area contributed by atoms with Gasteiger partial charge in [0.15, 0.2) is 0 Å². The molecule has 4 nitrogen and oxygen atoms in total. The summed E-state index contributed by atoms with van der Waals surface area (Å²) in [5.41, 5.74) is 7.86. The summed E-state index contributed by atoms with van der Waals surface area (Å²) in [7, 11) is 0. The molecule has 0 spiro atoms. The Bertz CT molecular complexity index is 522. The van der Waals surface area contributed by atoms with E-state index in [1.165, 1.54) is 4.90 Å². The van der Waals surface area contributed by atoms with Crippen LogP contribution in [0.15, 0.2) is 16.6 Å². The van der Waals surface area contributed by atoms with Gasteiger partial charge in [-0.1, -0.05) is 13.8 Å². The van der Waals surface area contributed by atoms with Crippen molar-refractivity contribution in [2.45, 2.75) is 20.8 Å². The first-order valence-corrected chi connectivity index (χ1v) is 6.57. The third-order valence-corrected chi connectivity index (χ3v) is 4.18. The Hall–Kier alpha value is -1.36. The molecular weight excluding hydrogens is 296 g/mol. The highest BCUT2D eigenvalue weighted by molar-refractivity contribution is 9.10. The number of nitrogens with zero attached hydrogens (tertiary/aromatic N) is 1. The molecule has 1 aromatic carbocycles. The normalized spacial score (nSPS) is 23.9. The van der Waals surface area contributed by atoms with E-state index in [1.54, 1.807) is 19.9 Å². The lowest BCUT2D eigenvalue weighted by molar-refractivity contribution is -0.122. The number of imide groups is 1. The summed E-state index contributed by atoms with van der Waals surface area (Å²) in [6.07, 6.45) is 0. The predicted octanol–water partition coefficient (Wildman–Crippen LogP) is 2.49. The van der Waals surface area contributed by atoms with Gasteiger partial charge < -0.3 is 5.73 Å². The minimum atomic E-state index is -0.285. The number of nitrogen functional groups attached to an aromatic ring is 1. The van der Waals surface area contributed by atoms with Crippen molar-refractivity contribution in [3.8, 4) is 0 Å². The van der Waals surface area contributed by atoms with E-state index in [4.69, 9.17) is 5.73 Å². The molecule has 0 aliphatic carbocycles. The zero-order valence-corrected chi connectivity index (χ0v) is 12.1. The van der Waals surface area contributed by atoms with Crippen molar-refractivity contribution in [1.29, 1.82) is 0 Å². The fourth-order valence-electron chi connectivity index (χ4n) is 2.03. The Labute approximate surface area is 114 Å². The van der Waals surface area contributed by atoms with Crippen LogP contribution in [-0.2, 0) is 9.59 Å². The molecule has 2 atom stereocenters. The van der Waals surface area contributed by atoms with Gasteiger partial charge in [0, 0.05) is 22.0 Å². The SMILES string of the molecule is Cc1cc(Br)c(N2C(=O)C(C)C(C)C2=O)cc1N. The van der Waals surface area contributed by atoms with Crippen molar-refractivity contribution in [3.05, 3.63) is 22.2 Å². The van der Waals surface area contributed by atoms with Crippen LogP contribution in [0.3, 0.4) is 0 Å². The van der Waals surface area contributed by atoms with Crippen molar-refractivity contribution >= 4 is 39.1 Å². The molecule has 2 rings (SSSR count). The molecule has 0 bridgehead atoms. The Kier molecular flexibility index (Phi) is 3.19. The number of nitrogens with two attached hydrogens (primary N) is 1. The Morgan fingerprint density at radius 2 is 1.67 bits per heavy atom. The highest BCUT2D eigenvalue weighted by Crippen LogP contribution is 2.37. The van der Waals surface area contributed by atoms with E-state index in [1.807, 2.05) is 13.0 Å². The number of carbonyl (C=O) groups is 2. The van der Waals surface area contributed by atoms with Crippen molar-refractivity contribution in [3.63, 3.8) is 0 Å². The minimum absolute atomic E-state index is 0.170. The molecule has 5 heteroatoms. The van der Waals surface area contributed by atoms with Crippen LogP contribution >= 0.6 is 15.9 Å². The van der Waals surface area contributed by atoms with E-state index in [0.717, 1.165) is 5.56 Å². The second-order valence-corrected chi connectivity index (χ2v) is 5.60. The second kappa shape index (κ2) is 4.39. The summed E-state index contributed by atoms with van der Waals surface area (Å²) in [6.45, 7) is 5.43. The average molecular weight is 311 g/mol. The standard InChI is InChI=1S/C13H15BrN2O2/c1-6-4-9(14)11(5-10(6)15)16-12(17)7(2)8(3)13(16)18/h4-5,7-8H,15H2,1-3H3. The summed E-state index contributed by atoms with van der Waals surface area (Å²) in [5, 5.41) is 0. The monoisotopic (exact) mass is 310 g/mol. The fraction of sp³-hybridized carbons (Fsp3) is 0.385. The molecule has 1 aromatic rings. The van der Waals surface area contributed by atoms with Gasteiger partial charge in [-0.15, -0.1) is 0 Å². The molecule has 1 heterocycles. The smallest absolute Gasteiger partial charge is 0.237 e. The summed E-state index contributed by atoms with van der Waals surface area (Å²) in [5.74, 6) is -0.910. The maximum Gasteiger partial charge on any atom is 0.237 e. The molecule has 18 heavy (non-hydrogen) atoms. The molecule has 1 aliphatic heterocycles. The van der Waals surface area contributed by atoms with Crippen LogP contribution in [0, 0.1) is 18.8 Å². The van der Waals surface area contributed by atoms with Gasteiger partial charge in [-0.3, -0.25) is 9.59 Å². The van der Waals surface area contributed by atoms with Crippen LogP contribution in [0.25, 0.3) is 0 Å². The van der Waals surface area contributed by atoms with Crippen molar-refractivity contribution in [2.24, 2.45) is 11.8 Å². The van der Waals surface area contributed by atoms with Gasteiger partial charge in [0.1, 0.15) is 0 Å². The fourth-order valence-corrected chi connectivity index (χ4v) is 2.66. The molecule has 0 radical (unpaired) electrons. The van der Waals surface area contributed by atoms with Crippen LogP contribution < -0.4 is 10.6 Å². The van der Waals surface area contributed by atoms with Gasteiger partial charge in [0.05, 0.1) is 5.69 Å². The van der Waals surface area contributed by atoms with Crippen molar-refractivity contribution in [2.75, 3.05) is 10.6 Å². The quantitative estimate of drug-likeness (QED) is 0.640. The minimum Gasteiger partial charge on any atom is -0.398 e. The lowest BCUT2D eigenvalue weighted by Gasteiger charge is -2.18. The van der Waals surface area contributed by atoms with Gasteiger partial charge in [-0.05, 0) is 40.5 Å². The first-order valence-electron chi connectivity index (χ1n) is 5.78. The number of carbonyl (C=O) groups excluding carboxylic acids is 2. The van der Waals surface area contributed by atoms with Crippen LogP contribution in [0.2, 0.25) is 0 Å². The van der Waals surface area contributed by atoms with E-state index >= 15 is 0 Å². The van der Waals surface area contributed by atoms with Crippen molar-refractivity contribution < 1.29 is 9.59 Å². The third kappa shape index (κ3) is 1.82. The van der Waals surface area contributed by atoms with Crippen molar-refractivity contribution in [1.82, 2.24) is 0 Å². The largest absolute Gasteiger partial charge is 0.398 e. The summed E-state index contributed by atoms with van der Waals surface area (Å²) < 4.78 is 0.706. The number of aryl methyl sites for hydroxylation is 1. The molecule has 1 fully saturated rings. The molecular formula is C13H15BrN2O2. The number of halogens is 1. The number of amides is 2. The van der Waals surface area contributed by atoms with Gasteiger partial charge in [-0.25, -0.2) is 4.90 Å². The highest BCUT2D eigenvalue weighted by Gasteiger charge is 2.43.